The summed E-state index contributed by atoms with van der Waals surface area (Å²) in [5.41, 5.74) is 9.06. The first kappa shape index (κ1) is 13.8. The van der Waals surface area contributed by atoms with Crippen LogP contribution in [0.25, 0.3) is 0 Å². The lowest BCUT2D eigenvalue weighted by molar-refractivity contribution is 0.0103. The zero-order chi connectivity index (χ0) is 14.7. The molecule has 0 bridgehead atoms. The normalized spacial score (nSPS) is 17.1. The number of nitrogens with two attached hydrogens (primary N) is 1. The largest absolute Gasteiger partial charge is 0.497 e. The summed E-state index contributed by atoms with van der Waals surface area (Å²) < 4.78 is 16.9. The van der Waals surface area contributed by atoms with Crippen molar-refractivity contribution in [2.75, 3.05) is 26.1 Å². The zero-order valence-electron chi connectivity index (χ0n) is 12.0. The highest BCUT2D eigenvalue weighted by molar-refractivity contribution is 5.55. The van der Waals surface area contributed by atoms with Gasteiger partial charge in [-0.1, -0.05) is 24.3 Å². The zero-order valence-corrected chi connectivity index (χ0v) is 12.0. The van der Waals surface area contributed by atoms with Gasteiger partial charge in [0.25, 0.3) is 0 Å². The molecule has 4 nitrogen and oxygen atoms in total. The number of hydrogen-bond donors (Lipinski definition) is 1. The second kappa shape index (κ2) is 6.06. The highest BCUT2D eigenvalue weighted by Gasteiger charge is 2.21. The minimum atomic E-state index is -0.0550. The lowest BCUT2D eigenvalue weighted by Gasteiger charge is -2.26. The van der Waals surface area contributed by atoms with E-state index in [2.05, 4.69) is 18.2 Å². The van der Waals surface area contributed by atoms with Gasteiger partial charge in [-0.25, -0.2) is 0 Å². The van der Waals surface area contributed by atoms with Gasteiger partial charge in [0.1, 0.15) is 24.2 Å². The fourth-order valence-electron chi connectivity index (χ4n) is 2.55. The first-order chi connectivity index (χ1) is 10.3. The molecule has 0 saturated carbocycles. The first-order valence-corrected chi connectivity index (χ1v) is 7.03. The predicted octanol–water partition coefficient (Wildman–Crippen LogP) is 2.97. The Balaban J connectivity index is 1.74. The Kier molecular flexibility index (Phi) is 3.97. The third-order valence-corrected chi connectivity index (χ3v) is 3.70. The van der Waals surface area contributed by atoms with Gasteiger partial charge in [0, 0.05) is 6.07 Å². The average molecular weight is 285 g/mol. The third-order valence-electron chi connectivity index (χ3n) is 3.70. The van der Waals surface area contributed by atoms with Crippen molar-refractivity contribution in [2.45, 2.75) is 12.5 Å². The molecule has 0 radical (unpaired) electrons. The Morgan fingerprint density at radius 3 is 2.95 bits per heavy atom. The Labute approximate surface area is 124 Å². The molecule has 3 rings (SSSR count). The summed E-state index contributed by atoms with van der Waals surface area (Å²) in [6.45, 7) is 1.16. The van der Waals surface area contributed by atoms with Crippen molar-refractivity contribution in [3.63, 3.8) is 0 Å². The fourth-order valence-corrected chi connectivity index (χ4v) is 2.55. The molecule has 1 aliphatic rings. The van der Waals surface area contributed by atoms with E-state index in [4.69, 9.17) is 19.9 Å². The summed E-state index contributed by atoms with van der Waals surface area (Å²) in [4.78, 5) is 0. The number of methoxy groups -OCH3 is 1. The van der Waals surface area contributed by atoms with Crippen LogP contribution in [0.5, 0.6) is 11.5 Å². The SMILES string of the molecule is COc1ccc(N)c(OCC2OCCc3ccccc32)c1. The number of nitrogen functional groups attached to an aromatic ring is 1. The van der Waals surface area contributed by atoms with Gasteiger partial charge >= 0.3 is 0 Å². The summed E-state index contributed by atoms with van der Waals surface area (Å²) in [6, 6.07) is 13.7. The van der Waals surface area contributed by atoms with E-state index in [1.54, 1.807) is 19.2 Å². The van der Waals surface area contributed by atoms with Crippen LogP contribution in [0.4, 0.5) is 5.69 Å². The summed E-state index contributed by atoms with van der Waals surface area (Å²) in [5.74, 6) is 1.35. The molecule has 2 N–H and O–H groups in total. The third kappa shape index (κ3) is 2.95. The van der Waals surface area contributed by atoms with Crippen LogP contribution in [0.2, 0.25) is 0 Å². The molecule has 0 aliphatic carbocycles. The summed E-state index contributed by atoms with van der Waals surface area (Å²) in [7, 11) is 1.62. The van der Waals surface area contributed by atoms with Gasteiger partial charge in [-0.3, -0.25) is 0 Å². The van der Waals surface area contributed by atoms with E-state index in [1.807, 2.05) is 12.1 Å². The molecule has 2 aromatic carbocycles. The number of anilines is 1. The number of fused-ring (bicyclic) bond motifs is 1. The van der Waals surface area contributed by atoms with Crippen LogP contribution in [-0.2, 0) is 11.2 Å². The molecule has 0 spiro atoms. The lowest BCUT2D eigenvalue weighted by atomic mass is 9.98. The van der Waals surface area contributed by atoms with Crippen molar-refractivity contribution in [1.82, 2.24) is 0 Å². The van der Waals surface area contributed by atoms with Crippen molar-refractivity contribution in [1.29, 1.82) is 0 Å². The highest BCUT2D eigenvalue weighted by Crippen LogP contribution is 2.31. The Hall–Kier alpha value is -2.20. The van der Waals surface area contributed by atoms with Gasteiger partial charge in [-0.2, -0.15) is 0 Å². The standard InChI is InChI=1S/C17H19NO3/c1-19-13-6-7-15(18)16(10-13)21-11-17-14-5-3-2-4-12(14)8-9-20-17/h2-7,10,17H,8-9,11,18H2,1H3. The van der Waals surface area contributed by atoms with E-state index in [0.29, 0.717) is 18.0 Å². The first-order valence-electron chi connectivity index (χ1n) is 7.03. The quantitative estimate of drug-likeness (QED) is 0.877. The molecule has 21 heavy (non-hydrogen) atoms. The van der Waals surface area contributed by atoms with E-state index in [9.17, 15) is 0 Å². The van der Waals surface area contributed by atoms with Crippen molar-refractivity contribution < 1.29 is 14.2 Å². The van der Waals surface area contributed by atoms with E-state index < -0.39 is 0 Å². The topological polar surface area (TPSA) is 53.7 Å². The fraction of sp³-hybridized carbons (Fsp3) is 0.294. The molecule has 4 heteroatoms. The van der Waals surface area contributed by atoms with E-state index in [0.717, 1.165) is 18.8 Å². The number of rotatable bonds is 4. The van der Waals surface area contributed by atoms with Crippen LogP contribution >= 0.6 is 0 Å². The molecule has 0 saturated heterocycles. The molecular weight excluding hydrogens is 266 g/mol. The molecule has 1 aliphatic heterocycles. The minimum absolute atomic E-state index is 0.0550. The van der Waals surface area contributed by atoms with Crippen LogP contribution < -0.4 is 15.2 Å². The van der Waals surface area contributed by atoms with Crippen LogP contribution in [-0.4, -0.2) is 20.3 Å². The molecule has 0 fully saturated rings. The van der Waals surface area contributed by atoms with Gasteiger partial charge in [0.05, 0.1) is 19.4 Å². The van der Waals surface area contributed by atoms with Gasteiger partial charge in [0.15, 0.2) is 0 Å². The van der Waals surface area contributed by atoms with Crippen molar-refractivity contribution in [3.05, 3.63) is 53.6 Å². The Morgan fingerprint density at radius 2 is 2.10 bits per heavy atom. The van der Waals surface area contributed by atoms with Crippen molar-refractivity contribution >= 4 is 5.69 Å². The van der Waals surface area contributed by atoms with Crippen LogP contribution in [0.1, 0.15) is 17.2 Å². The molecule has 2 aromatic rings. The van der Waals surface area contributed by atoms with E-state index >= 15 is 0 Å². The maximum absolute atomic E-state index is 5.93. The van der Waals surface area contributed by atoms with Crippen molar-refractivity contribution in [2.24, 2.45) is 0 Å². The second-order valence-corrected chi connectivity index (χ2v) is 5.02. The monoisotopic (exact) mass is 285 g/mol. The van der Waals surface area contributed by atoms with Gasteiger partial charge in [-0.15, -0.1) is 0 Å². The van der Waals surface area contributed by atoms with Gasteiger partial charge in [-0.05, 0) is 29.7 Å². The molecule has 1 heterocycles. The molecule has 0 amide bonds. The molecule has 110 valence electrons. The van der Waals surface area contributed by atoms with E-state index in [-0.39, 0.29) is 6.10 Å². The summed E-state index contributed by atoms with van der Waals surface area (Å²) in [6.07, 6.45) is 0.897. The highest BCUT2D eigenvalue weighted by atomic mass is 16.5. The molecular formula is C17H19NO3. The number of benzene rings is 2. The Bertz CT molecular complexity index is 627. The van der Waals surface area contributed by atoms with Gasteiger partial charge < -0.3 is 19.9 Å². The number of ether oxygens (including phenoxy) is 3. The summed E-state index contributed by atoms with van der Waals surface area (Å²) >= 11 is 0. The molecule has 0 aromatic heterocycles. The number of hydrogen-bond acceptors (Lipinski definition) is 4. The maximum atomic E-state index is 5.93. The second-order valence-electron chi connectivity index (χ2n) is 5.02. The minimum Gasteiger partial charge on any atom is -0.497 e. The Morgan fingerprint density at radius 1 is 1.24 bits per heavy atom. The van der Waals surface area contributed by atoms with Gasteiger partial charge in [0.2, 0.25) is 0 Å². The van der Waals surface area contributed by atoms with Crippen LogP contribution in [0.3, 0.4) is 0 Å². The van der Waals surface area contributed by atoms with Crippen LogP contribution in [0, 0.1) is 0 Å². The average Bonchev–Trinajstić information content (AvgIpc) is 2.54. The predicted molar refractivity (Wildman–Crippen MR) is 81.7 cm³/mol. The smallest absolute Gasteiger partial charge is 0.146 e. The van der Waals surface area contributed by atoms with Crippen LogP contribution in [0.15, 0.2) is 42.5 Å². The maximum Gasteiger partial charge on any atom is 0.146 e. The van der Waals surface area contributed by atoms with E-state index in [1.165, 1.54) is 11.1 Å². The molecule has 1 unspecified atom stereocenters. The summed E-state index contributed by atoms with van der Waals surface area (Å²) in [5, 5.41) is 0. The lowest BCUT2D eigenvalue weighted by Crippen LogP contribution is -2.21. The van der Waals surface area contributed by atoms with Crippen molar-refractivity contribution in [3.8, 4) is 11.5 Å². The molecule has 1 atom stereocenters.